The Balaban J connectivity index is 0.000000363. The minimum Gasteiger partial charge on any atom is -0.460 e. The maximum atomic E-state index is 14.6. The Morgan fingerprint density at radius 1 is 0.470 bits per heavy atom. The van der Waals surface area contributed by atoms with E-state index in [4.69, 9.17) is 80.9 Å². The Kier molecular flexibility index (Phi) is 50.7. The molecule has 7 fully saturated rings. The highest BCUT2D eigenvalue weighted by Crippen LogP contribution is 2.43. The molecule has 4 bridgehead atoms. The molecular formula is C113H174N2O34. The third-order valence-corrected chi connectivity index (χ3v) is 31.5. The molecule has 7 aliphatic heterocycles. The average molecular weight is 2100 g/mol. The average Bonchev–Trinajstić information content (AvgIpc) is 1.49. The van der Waals surface area contributed by atoms with E-state index in [1.165, 1.54) is 26.2 Å². The molecule has 840 valence electrons. The van der Waals surface area contributed by atoms with Gasteiger partial charge in [-0.3, -0.25) is 38.4 Å². The summed E-state index contributed by atoms with van der Waals surface area (Å²) < 4.78 is 92.2. The first-order valence-corrected chi connectivity index (χ1v) is 53.7. The van der Waals surface area contributed by atoms with E-state index in [0.29, 0.717) is 133 Å². The molecule has 149 heavy (non-hydrogen) atoms. The van der Waals surface area contributed by atoms with E-state index in [0.717, 1.165) is 16.0 Å². The zero-order chi connectivity index (χ0) is 110. The number of aliphatic hydroxyl groups is 6. The zero-order valence-electron chi connectivity index (χ0n) is 92.0. The molecule has 6 N–H and O–H groups in total. The number of hydrogen-bond acceptors (Lipinski definition) is 34. The maximum Gasteiger partial charge on any atom is 0.508 e. The molecule has 36 heteroatoms. The van der Waals surface area contributed by atoms with E-state index >= 15 is 0 Å². The summed E-state index contributed by atoms with van der Waals surface area (Å²) in [4.78, 5) is 170. The molecule has 5 saturated heterocycles. The fraction of sp³-hybridized carbons (Fsp3) is 0.752. The van der Waals surface area contributed by atoms with Crippen LogP contribution in [0.15, 0.2) is 95.2 Å². The van der Waals surface area contributed by atoms with Gasteiger partial charge in [0.25, 0.3) is 23.4 Å². The lowest BCUT2D eigenvalue weighted by Crippen LogP contribution is -2.61. The molecule has 9 rings (SSSR count). The van der Waals surface area contributed by atoms with Gasteiger partial charge in [0, 0.05) is 117 Å². The minimum atomic E-state index is -2.47. The first-order chi connectivity index (χ1) is 70.5. The summed E-state index contributed by atoms with van der Waals surface area (Å²) >= 11 is 0. The normalized spacial score (nSPS) is 37.1. The number of piperidine rings is 2. The van der Waals surface area contributed by atoms with E-state index in [2.05, 4.69) is 0 Å². The summed E-state index contributed by atoms with van der Waals surface area (Å²) in [6.45, 7) is 27.9. The fourth-order valence-corrected chi connectivity index (χ4v) is 22.0. The Labute approximate surface area is 880 Å². The number of carbonyl (C=O) groups excluding carboxylic acids is 12. The van der Waals surface area contributed by atoms with Gasteiger partial charge in [0.2, 0.25) is 11.6 Å². The summed E-state index contributed by atoms with van der Waals surface area (Å²) in [5.74, 6) is -17.9. The third-order valence-electron chi connectivity index (χ3n) is 31.5. The predicted octanol–water partition coefficient (Wildman–Crippen LogP) is 13.2. The molecule has 2 saturated carbocycles. The summed E-state index contributed by atoms with van der Waals surface area (Å²) in [5.41, 5.74) is 2.43. The van der Waals surface area contributed by atoms with Crippen molar-refractivity contribution in [2.24, 2.45) is 71.0 Å². The van der Waals surface area contributed by atoms with E-state index in [-0.39, 0.29) is 105 Å². The van der Waals surface area contributed by atoms with Crippen molar-refractivity contribution in [3.8, 4) is 0 Å². The number of ketones is 6. The number of fused-ring (bicyclic) bond motifs is 6. The lowest BCUT2D eigenvalue weighted by atomic mass is 9.78. The van der Waals surface area contributed by atoms with Crippen molar-refractivity contribution in [3.05, 3.63) is 95.2 Å². The van der Waals surface area contributed by atoms with Gasteiger partial charge < -0.3 is 116 Å². The lowest BCUT2D eigenvalue weighted by molar-refractivity contribution is -0.265. The Hall–Kier alpha value is -8.28. The van der Waals surface area contributed by atoms with Gasteiger partial charge in [0.15, 0.2) is 17.4 Å². The van der Waals surface area contributed by atoms with Gasteiger partial charge in [-0.1, -0.05) is 142 Å². The second-order valence-corrected chi connectivity index (χ2v) is 43.8. The molecule has 0 radical (unpaired) electrons. The van der Waals surface area contributed by atoms with Crippen LogP contribution >= 0.6 is 0 Å². The summed E-state index contributed by atoms with van der Waals surface area (Å²) in [6, 6.07) is -2.39. The van der Waals surface area contributed by atoms with Crippen LogP contribution in [-0.2, 0) is 124 Å². The molecule has 2 amide bonds. The summed E-state index contributed by atoms with van der Waals surface area (Å²) in [7, 11) is 8.89. The molecular weight excluding hydrogens is 1930 g/mol. The highest BCUT2D eigenvalue weighted by atomic mass is 16.8. The molecule has 6 unspecified atom stereocenters. The molecule has 0 aromatic carbocycles. The number of aliphatic hydroxyl groups excluding tert-OH is 4. The highest BCUT2D eigenvalue weighted by molar-refractivity contribution is 6.39. The Bertz CT molecular complexity index is 4670. The number of nitrogens with zero attached hydrogens (tertiary/aromatic N) is 2. The van der Waals surface area contributed by atoms with Crippen LogP contribution in [0.25, 0.3) is 0 Å². The van der Waals surface area contributed by atoms with Gasteiger partial charge in [0.1, 0.15) is 97.9 Å². The number of hydrogen-bond donors (Lipinski definition) is 6. The fourth-order valence-electron chi connectivity index (χ4n) is 22.0. The SMILES string of the molecule is CO[C@H]1CC2CC[C@@H](C)[C@@](O)(O2)C(=O)C(=O)N2CCCCC2C(=O)O[C@H]([C@H](C)C[C@@H]2CC[C@@H](OC(=O)OCC(O)CO)[C@H](OC)C2)CC(=O)[C@H](C)/C=C(\C)[C@@H](O)[C@@H](OC)C(=O)[C@H](C)C[C@H](C)/C=C/C=CC=C1C.CO[C@H]1CC2CC[C@@H](C)[C@@](O)(O2)C(=O)C(=O)N2CCCCC2C(=O)O[C@H]([C@H](C)C[C@@H]2CC[C@@H](OC(=O)OCC3COC(C)(C)O3)[C@H](OC)C2)CC(=O)[C@H](C)/C=C(\C)[C@@H](O)[C@@H](OC)C(=O)[C@H](C)C[C@H](C)/C=C/C=CC=C1C. The van der Waals surface area contributed by atoms with Crippen molar-refractivity contribution in [1.82, 2.24) is 9.80 Å². The lowest BCUT2D eigenvalue weighted by Gasteiger charge is -2.42. The second-order valence-electron chi connectivity index (χ2n) is 43.8. The van der Waals surface area contributed by atoms with Crippen LogP contribution in [0, 0.1) is 71.0 Å². The first kappa shape index (κ1) is 126. The Morgan fingerprint density at radius 3 is 1.24 bits per heavy atom. The van der Waals surface area contributed by atoms with Crippen molar-refractivity contribution in [2.45, 2.75) is 392 Å². The van der Waals surface area contributed by atoms with Gasteiger partial charge in [0.05, 0.1) is 49.8 Å². The van der Waals surface area contributed by atoms with E-state index < -0.39 is 235 Å². The summed E-state index contributed by atoms with van der Waals surface area (Å²) in [6.07, 6.45) is 16.3. The van der Waals surface area contributed by atoms with E-state index in [1.54, 1.807) is 103 Å². The van der Waals surface area contributed by atoms with E-state index in [9.17, 15) is 83.1 Å². The molecule has 0 spiro atoms. The zero-order valence-corrected chi connectivity index (χ0v) is 92.0. The molecule has 0 aromatic heterocycles. The van der Waals surface area contributed by atoms with Crippen LogP contribution < -0.4 is 0 Å². The number of amides is 2. The molecule has 0 aromatic rings. The molecule has 2 aliphatic carbocycles. The smallest absolute Gasteiger partial charge is 0.460 e. The van der Waals surface area contributed by atoms with Gasteiger partial charge in [-0.25, -0.2) is 19.2 Å². The van der Waals surface area contributed by atoms with Crippen molar-refractivity contribution in [1.29, 1.82) is 0 Å². The molecule has 7 heterocycles. The number of allylic oxidation sites excluding steroid dienone is 12. The van der Waals surface area contributed by atoms with Crippen molar-refractivity contribution in [2.75, 3.05) is 82.2 Å². The predicted molar refractivity (Wildman–Crippen MR) is 549 cm³/mol. The van der Waals surface area contributed by atoms with Crippen molar-refractivity contribution >= 4 is 70.8 Å². The van der Waals surface area contributed by atoms with Gasteiger partial charge >= 0.3 is 24.2 Å². The van der Waals surface area contributed by atoms with Crippen LogP contribution in [0.3, 0.4) is 0 Å². The quantitative estimate of drug-likeness (QED) is 0.0303. The minimum absolute atomic E-state index is 0.00206. The molecule has 9 aliphatic rings. The van der Waals surface area contributed by atoms with Crippen LogP contribution in [0.4, 0.5) is 9.59 Å². The number of rotatable bonds is 19. The first-order valence-electron chi connectivity index (χ1n) is 53.7. The molecule has 32 atom stereocenters. The van der Waals surface area contributed by atoms with Crippen molar-refractivity contribution < 1.29 is 164 Å². The van der Waals surface area contributed by atoms with Crippen LogP contribution in [0.5, 0.6) is 0 Å². The largest absolute Gasteiger partial charge is 0.508 e. The topological polar surface area (TPSA) is 480 Å². The van der Waals surface area contributed by atoms with E-state index in [1.807, 2.05) is 102 Å². The van der Waals surface area contributed by atoms with Gasteiger partial charge in [-0.15, -0.1) is 0 Å². The second kappa shape index (κ2) is 60.0. The summed E-state index contributed by atoms with van der Waals surface area (Å²) in [5, 5.41) is 65.7. The highest BCUT2D eigenvalue weighted by Gasteiger charge is 2.56. The standard InChI is InChI=1S/C58H89NO17.C55H85NO17/c1-34-18-14-13-15-19-35(2)47(68-10)30-42-23-21-40(7)58(67,76-42)53(63)54(64)59-25-17-16-20-44(59)55(65)73-48(31-45(60)36(3)27-39(6)51(62)52(70-12)50(61)38(5)26-34)37(4)28-41-22-24-46(49(29-41)69-11)74-56(66)71-32-43-33-72-57(8,9)75-43;1-32-16-12-11-13-17-33(2)45(67-8)28-41-21-19-38(7)55(66,73-41)51(62)52(63)56-23-15-14-18-42(56)53(64)71-46(29-43(59)34(3)25-37(6)49(61)50(69-10)48(60)36(5)24-32)35(4)26-39-20-22-44(47(27-39)68-9)72-54(65)70-31-40(58)30-57/h13-15,18-19,27,34,36-38,40-44,46-49,51-52,62,67H,16-17,20-26,28-33H2,1-12H3;11-13,16-17,25,32,34-36,38-42,44-47,49-50,57-58,61,66H,14-15,18-24,26-31H2,1-10H3/b15-13?,18-14+,35-19?,39-27+;13-11?,16-12+,33-17?,37-25+/t34-,36-,37-,38-,40-,41+,42?,43?,44?,46-,47+,48+,49-,51-,52+,58-;32-,34-,35-,36-,38-,39+,40?,41?,42?,44-,45+,46+,47-,49-,50+,55-/m11/s1. The Morgan fingerprint density at radius 2 is 0.872 bits per heavy atom. The number of esters is 2. The monoisotopic (exact) mass is 2100 g/mol. The maximum absolute atomic E-state index is 14.6. The van der Waals surface area contributed by atoms with Crippen LogP contribution in [0.2, 0.25) is 0 Å². The number of methoxy groups -OCH3 is 6. The number of ether oxygens (including phenoxy) is 16. The van der Waals surface area contributed by atoms with Crippen molar-refractivity contribution in [3.63, 3.8) is 0 Å². The van der Waals surface area contributed by atoms with Crippen LogP contribution in [-0.4, -0.2) is 320 Å². The number of carbonyl (C=O) groups is 12. The van der Waals surface area contributed by atoms with Gasteiger partial charge in [-0.2, -0.15) is 0 Å². The van der Waals surface area contributed by atoms with Crippen LogP contribution in [0.1, 0.15) is 265 Å². The third kappa shape index (κ3) is 36.2. The number of Topliss-reactive ketones (excluding diaryl/α,β-unsaturated/α-hetero) is 6. The van der Waals surface area contributed by atoms with Gasteiger partial charge in [-0.05, 0) is 228 Å². The number of cyclic esters (lactones) is 2. The molecule has 36 nitrogen and oxygen atoms in total.